The molecule has 0 aliphatic rings. The normalized spacial score (nSPS) is 12.8. The van der Waals surface area contributed by atoms with Crippen LogP contribution in [-0.4, -0.2) is 19.2 Å². The van der Waals surface area contributed by atoms with Crippen molar-refractivity contribution in [2.24, 2.45) is 5.14 Å². The zero-order valence-electron chi connectivity index (χ0n) is 9.68. The van der Waals surface area contributed by atoms with Crippen molar-refractivity contribution in [3.63, 3.8) is 0 Å². The van der Waals surface area contributed by atoms with Gasteiger partial charge in [0, 0.05) is 5.69 Å². The van der Waals surface area contributed by atoms with E-state index in [1.54, 1.807) is 12.1 Å². The maximum atomic E-state index is 11.6. The minimum Gasteiger partial charge on any atom is -0.325 e. The quantitative estimate of drug-likeness (QED) is 0.709. The minimum atomic E-state index is -3.82. The molecular weight excluding hydrogens is 322 g/mol. The number of nitrogens with two attached hydrogens (primary N) is 1. The molecule has 4 N–H and O–H groups in total. The lowest BCUT2D eigenvalue weighted by Crippen LogP contribution is -2.23. The molecule has 100 valence electrons. The Balaban J connectivity index is 2.80. The molecule has 0 heterocycles. The fourth-order valence-corrected chi connectivity index (χ4v) is 1.80. The number of carbonyl (C=O) groups is 1. The van der Waals surface area contributed by atoms with E-state index in [1.807, 2.05) is 6.92 Å². The molecule has 0 aromatic heterocycles. The van der Waals surface area contributed by atoms with Crippen LogP contribution in [-0.2, 0) is 15.0 Å². The SMILES string of the molecule is CCC(Br)C(=O)Nc1cccc(NS(N)(=O)=O)c1. The molecule has 6 nitrogen and oxygen atoms in total. The molecular formula is C10H14BrN3O3S. The number of benzene rings is 1. The molecule has 0 saturated heterocycles. The third kappa shape index (κ3) is 5.03. The first-order valence-electron chi connectivity index (χ1n) is 5.17. The van der Waals surface area contributed by atoms with E-state index in [0.717, 1.165) is 0 Å². The highest BCUT2D eigenvalue weighted by atomic mass is 79.9. The predicted octanol–water partition coefficient (Wildman–Crippen LogP) is 1.41. The predicted molar refractivity (Wildman–Crippen MR) is 74.8 cm³/mol. The summed E-state index contributed by atoms with van der Waals surface area (Å²) in [7, 11) is -3.82. The van der Waals surface area contributed by atoms with Crippen LogP contribution in [0, 0.1) is 0 Å². The third-order valence-electron chi connectivity index (χ3n) is 2.03. The van der Waals surface area contributed by atoms with Crippen LogP contribution in [0.25, 0.3) is 0 Å². The van der Waals surface area contributed by atoms with E-state index < -0.39 is 10.2 Å². The number of halogens is 1. The standard InChI is InChI=1S/C10H14BrN3O3S/c1-2-9(11)10(15)13-7-4-3-5-8(6-7)14-18(12,16)17/h3-6,9,14H,2H2,1H3,(H,13,15)(H2,12,16,17). The Kier molecular flexibility index (Phi) is 5.12. The van der Waals surface area contributed by atoms with E-state index >= 15 is 0 Å². The number of hydrogen-bond acceptors (Lipinski definition) is 3. The summed E-state index contributed by atoms with van der Waals surface area (Å²) in [6, 6.07) is 6.28. The van der Waals surface area contributed by atoms with Crippen molar-refractivity contribution >= 4 is 43.4 Å². The summed E-state index contributed by atoms with van der Waals surface area (Å²) < 4.78 is 23.8. The summed E-state index contributed by atoms with van der Waals surface area (Å²) in [5, 5.41) is 7.51. The van der Waals surface area contributed by atoms with Crippen molar-refractivity contribution in [1.29, 1.82) is 0 Å². The van der Waals surface area contributed by atoms with Crippen LogP contribution in [0.15, 0.2) is 24.3 Å². The Morgan fingerprint density at radius 3 is 2.61 bits per heavy atom. The zero-order chi connectivity index (χ0) is 13.8. The molecule has 8 heteroatoms. The summed E-state index contributed by atoms with van der Waals surface area (Å²) in [6.07, 6.45) is 0.654. The molecule has 0 bridgehead atoms. The lowest BCUT2D eigenvalue weighted by molar-refractivity contribution is -0.115. The lowest BCUT2D eigenvalue weighted by atomic mass is 10.2. The van der Waals surface area contributed by atoms with E-state index in [-0.39, 0.29) is 16.4 Å². The van der Waals surface area contributed by atoms with E-state index in [1.165, 1.54) is 12.1 Å². The molecule has 0 aliphatic heterocycles. The van der Waals surface area contributed by atoms with Crippen LogP contribution in [0.3, 0.4) is 0 Å². The van der Waals surface area contributed by atoms with Gasteiger partial charge in [0.1, 0.15) is 0 Å². The number of anilines is 2. The second-order valence-electron chi connectivity index (χ2n) is 3.59. The first-order valence-corrected chi connectivity index (χ1v) is 7.63. The summed E-state index contributed by atoms with van der Waals surface area (Å²) in [5.41, 5.74) is 0.782. The third-order valence-corrected chi connectivity index (χ3v) is 3.62. The van der Waals surface area contributed by atoms with Gasteiger partial charge in [-0.2, -0.15) is 8.42 Å². The Hall–Kier alpha value is -1.12. The average Bonchev–Trinajstić information content (AvgIpc) is 2.26. The molecule has 0 fully saturated rings. The van der Waals surface area contributed by atoms with Gasteiger partial charge in [-0.3, -0.25) is 9.52 Å². The summed E-state index contributed by atoms with van der Waals surface area (Å²) >= 11 is 3.22. The van der Waals surface area contributed by atoms with Crippen molar-refractivity contribution in [2.75, 3.05) is 10.0 Å². The Morgan fingerprint density at radius 1 is 1.44 bits per heavy atom. The van der Waals surface area contributed by atoms with Crippen LogP contribution in [0.5, 0.6) is 0 Å². The van der Waals surface area contributed by atoms with Gasteiger partial charge in [-0.25, -0.2) is 5.14 Å². The van der Waals surface area contributed by atoms with Crippen molar-refractivity contribution in [2.45, 2.75) is 18.2 Å². The lowest BCUT2D eigenvalue weighted by Gasteiger charge is -2.10. The summed E-state index contributed by atoms with van der Waals surface area (Å²) in [4.78, 5) is 11.3. The van der Waals surface area contributed by atoms with Crippen LogP contribution in [0.4, 0.5) is 11.4 Å². The highest BCUT2D eigenvalue weighted by molar-refractivity contribution is 9.10. The van der Waals surface area contributed by atoms with Crippen molar-refractivity contribution in [3.8, 4) is 0 Å². The molecule has 1 aromatic rings. The molecule has 1 unspecified atom stereocenters. The van der Waals surface area contributed by atoms with Gasteiger partial charge in [0.15, 0.2) is 0 Å². The van der Waals surface area contributed by atoms with E-state index in [4.69, 9.17) is 5.14 Å². The monoisotopic (exact) mass is 335 g/mol. The van der Waals surface area contributed by atoms with Crippen molar-refractivity contribution in [1.82, 2.24) is 0 Å². The highest BCUT2D eigenvalue weighted by Crippen LogP contribution is 2.17. The molecule has 1 aromatic carbocycles. The Labute approximate surface area is 114 Å². The molecule has 1 amide bonds. The fourth-order valence-electron chi connectivity index (χ4n) is 1.23. The van der Waals surface area contributed by atoms with Crippen LogP contribution >= 0.6 is 15.9 Å². The second-order valence-corrected chi connectivity index (χ2v) is 5.99. The number of alkyl halides is 1. The molecule has 0 saturated carbocycles. The van der Waals surface area contributed by atoms with Gasteiger partial charge in [-0.15, -0.1) is 0 Å². The first kappa shape index (κ1) is 14.9. The number of hydrogen-bond donors (Lipinski definition) is 3. The maximum absolute atomic E-state index is 11.6. The van der Waals surface area contributed by atoms with Gasteiger partial charge in [0.2, 0.25) is 5.91 Å². The Morgan fingerprint density at radius 2 is 2.06 bits per heavy atom. The molecule has 18 heavy (non-hydrogen) atoms. The maximum Gasteiger partial charge on any atom is 0.296 e. The summed E-state index contributed by atoms with van der Waals surface area (Å²) in [5.74, 6) is -0.190. The molecule has 1 atom stereocenters. The smallest absolute Gasteiger partial charge is 0.296 e. The molecule has 0 aliphatic carbocycles. The zero-order valence-corrected chi connectivity index (χ0v) is 12.1. The number of amides is 1. The van der Waals surface area contributed by atoms with Crippen molar-refractivity contribution < 1.29 is 13.2 Å². The van der Waals surface area contributed by atoms with Gasteiger partial charge in [0.05, 0.1) is 10.5 Å². The van der Waals surface area contributed by atoms with E-state index in [0.29, 0.717) is 12.1 Å². The van der Waals surface area contributed by atoms with E-state index in [2.05, 4.69) is 26.0 Å². The van der Waals surface area contributed by atoms with Gasteiger partial charge < -0.3 is 5.32 Å². The van der Waals surface area contributed by atoms with Gasteiger partial charge >= 0.3 is 0 Å². The first-order chi connectivity index (χ1) is 8.31. The summed E-state index contributed by atoms with van der Waals surface area (Å²) in [6.45, 7) is 1.87. The molecule has 0 radical (unpaired) electrons. The largest absolute Gasteiger partial charge is 0.325 e. The van der Waals surface area contributed by atoms with Crippen molar-refractivity contribution in [3.05, 3.63) is 24.3 Å². The van der Waals surface area contributed by atoms with Gasteiger partial charge in [-0.1, -0.05) is 28.9 Å². The average molecular weight is 336 g/mol. The fraction of sp³-hybridized carbons (Fsp3) is 0.300. The minimum absolute atomic E-state index is 0.190. The highest BCUT2D eigenvalue weighted by Gasteiger charge is 2.12. The van der Waals surface area contributed by atoms with Crippen LogP contribution in [0.1, 0.15) is 13.3 Å². The van der Waals surface area contributed by atoms with E-state index in [9.17, 15) is 13.2 Å². The van der Waals surface area contributed by atoms with Gasteiger partial charge in [0.25, 0.3) is 10.2 Å². The van der Waals surface area contributed by atoms with Crippen LogP contribution in [0.2, 0.25) is 0 Å². The molecule has 1 rings (SSSR count). The number of rotatable bonds is 5. The number of carbonyl (C=O) groups excluding carboxylic acids is 1. The Bertz CT molecular complexity index is 533. The number of nitrogens with one attached hydrogen (secondary N) is 2. The van der Waals surface area contributed by atoms with Gasteiger partial charge in [-0.05, 0) is 24.6 Å². The topological polar surface area (TPSA) is 101 Å². The van der Waals surface area contributed by atoms with Crippen LogP contribution < -0.4 is 15.2 Å². The molecule has 0 spiro atoms. The second kappa shape index (κ2) is 6.17.